The van der Waals surface area contributed by atoms with Crippen molar-refractivity contribution in [2.45, 2.75) is 13.5 Å². The van der Waals surface area contributed by atoms with Crippen LogP contribution in [0.5, 0.6) is 0 Å². The van der Waals surface area contributed by atoms with E-state index in [2.05, 4.69) is 32.0 Å². The second kappa shape index (κ2) is 5.46. The molecule has 0 amide bonds. The summed E-state index contributed by atoms with van der Waals surface area (Å²) < 4.78 is 0. The van der Waals surface area contributed by atoms with Gasteiger partial charge in [-0.25, -0.2) is 4.98 Å². The summed E-state index contributed by atoms with van der Waals surface area (Å²) in [6.45, 7) is 7.04. The fraction of sp³-hybridized carbons (Fsp3) is 0.636. The van der Waals surface area contributed by atoms with Gasteiger partial charge in [-0.05, 0) is 19.1 Å². The summed E-state index contributed by atoms with van der Waals surface area (Å²) >= 11 is 5.23. The maximum absolute atomic E-state index is 5.23. The Morgan fingerprint density at radius 1 is 1.47 bits per heavy atom. The van der Waals surface area contributed by atoms with E-state index in [1.165, 1.54) is 0 Å². The molecular weight excluding hydrogens is 234 g/mol. The quantitative estimate of drug-likeness (QED) is 0.744. The first-order chi connectivity index (χ1) is 8.20. The van der Waals surface area contributed by atoms with Gasteiger partial charge >= 0.3 is 0 Å². The highest BCUT2D eigenvalue weighted by atomic mass is 32.1. The zero-order chi connectivity index (χ0) is 12.3. The lowest BCUT2D eigenvalue weighted by Gasteiger charge is -2.35. The van der Waals surface area contributed by atoms with Gasteiger partial charge in [-0.1, -0.05) is 0 Å². The lowest BCUT2D eigenvalue weighted by molar-refractivity contribution is 0.173. The van der Waals surface area contributed by atoms with Gasteiger partial charge in [0.1, 0.15) is 0 Å². The van der Waals surface area contributed by atoms with Crippen LogP contribution in [0.25, 0.3) is 0 Å². The highest BCUT2D eigenvalue weighted by Crippen LogP contribution is 2.09. The van der Waals surface area contributed by atoms with E-state index in [9.17, 15) is 0 Å². The summed E-state index contributed by atoms with van der Waals surface area (Å²) in [4.78, 5) is 12.1. The number of aromatic amines is 1. The van der Waals surface area contributed by atoms with Crippen molar-refractivity contribution in [3.63, 3.8) is 0 Å². The maximum atomic E-state index is 5.23. The van der Waals surface area contributed by atoms with Gasteiger partial charge in [0.25, 0.3) is 0 Å². The number of nitrogens with zero attached hydrogens (tertiary/aromatic N) is 3. The van der Waals surface area contributed by atoms with Crippen LogP contribution in [-0.2, 0) is 6.54 Å². The minimum absolute atomic E-state index is 0.848. The first-order valence-electron chi connectivity index (χ1n) is 5.88. The minimum atomic E-state index is 0.848. The summed E-state index contributed by atoms with van der Waals surface area (Å²) in [5.74, 6) is 0. The summed E-state index contributed by atoms with van der Waals surface area (Å²) in [7, 11) is 1.88. The van der Waals surface area contributed by atoms with E-state index < -0.39 is 0 Å². The van der Waals surface area contributed by atoms with Crippen molar-refractivity contribution in [3.8, 4) is 0 Å². The molecule has 1 aromatic heterocycles. The van der Waals surface area contributed by atoms with Crippen molar-refractivity contribution in [3.05, 3.63) is 17.7 Å². The van der Waals surface area contributed by atoms with Crippen LogP contribution in [0.3, 0.4) is 0 Å². The number of nitrogens with one attached hydrogen (secondary N) is 2. The molecule has 6 heteroatoms. The Kier molecular flexibility index (Phi) is 3.96. The average molecular weight is 253 g/mol. The molecule has 0 spiro atoms. The van der Waals surface area contributed by atoms with E-state index in [0.29, 0.717) is 0 Å². The number of rotatable bonds is 2. The molecule has 2 heterocycles. The maximum Gasteiger partial charge on any atom is 0.168 e. The van der Waals surface area contributed by atoms with E-state index >= 15 is 0 Å². The summed E-state index contributed by atoms with van der Waals surface area (Å²) in [6.07, 6.45) is 1.76. The van der Waals surface area contributed by atoms with Gasteiger partial charge in [-0.15, -0.1) is 0 Å². The largest absolute Gasteiger partial charge is 0.366 e. The topological polar surface area (TPSA) is 47.2 Å². The number of aryl methyl sites for hydroxylation is 1. The number of piperazine rings is 1. The molecule has 1 saturated heterocycles. The Balaban J connectivity index is 1.83. The van der Waals surface area contributed by atoms with Gasteiger partial charge in [-0.2, -0.15) is 0 Å². The Bertz CT molecular complexity index is 381. The molecule has 0 radical (unpaired) electrons. The van der Waals surface area contributed by atoms with Crippen LogP contribution < -0.4 is 5.32 Å². The molecule has 2 rings (SSSR count). The predicted octanol–water partition coefficient (Wildman–Crippen LogP) is 0.340. The fourth-order valence-electron chi connectivity index (χ4n) is 2.03. The number of imidazole rings is 1. The monoisotopic (exact) mass is 253 g/mol. The lowest BCUT2D eigenvalue weighted by Crippen LogP contribution is -2.50. The second-order valence-electron chi connectivity index (χ2n) is 4.29. The van der Waals surface area contributed by atoms with Gasteiger partial charge in [0.15, 0.2) is 5.11 Å². The Labute approximate surface area is 107 Å². The first kappa shape index (κ1) is 12.3. The number of hydrogen-bond donors (Lipinski definition) is 2. The van der Waals surface area contributed by atoms with Crippen molar-refractivity contribution >= 4 is 17.3 Å². The molecule has 17 heavy (non-hydrogen) atoms. The zero-order valence-corrected chi connectivity index (χ0v) is 11.2. The van der Waals surface area contributed by atoms with E-state index in [1.54, 1.807) is 6.33 Å². The Hall–Kier alpha value is -1.14. The number of aromatic nitrogens is 2. The standard InChI is InChI=1S/C11H19N5S/c1-9-10(14-8-13-9)7-15-3-5-16(6-4-15)11(17)12-2/h8H,3-7H2,1-2H3,(H,12,17)(H,13,14). The highest BCUT2D eigenvalue weighted by molar-refractivity contribution is 7.80. The molecular formula is C11H19N5S. The van der Waals surface area contributed by atoms with Crippen LogP contribution in [0, 0.1) is 6.92 Å². The molecule has 94 valence electrons. The third-order valence-electron chi connectivity index (χ3n) is 3.18. The number of hydrogen-bond acceptors (Lipinski definition) is 3. The van der Waals surface area contributed by atoms with Crippen LogP contribution in [0.4, 0.5) is 0 Å². The van der Waals surface area contributed by atoms with Crippen LogP contribution >= 0.6 is 12.2 Å². The predicted molar refractivity (Wildman–Crippen MR) is 71.8 cm³/mol. The van der Waals surface area contributed by atoms with Gasteiger partial charge < -0.3 is 15.2 Å². The Morgan fingerprint density at radius 2 is 2.18 bits per heavy atom. The molecule has 1 aromatic rings. The molecule has 5 nitrogen and oxygen atoms in total. The van der Waals surface area contributed by atoms with Gasteiger partial charge in [0.05, 0.1) is 12.0 Å². The summed E-state index contributed by atoms with van der Waals surface area (Å²) in [5.41, 5.74) is 2.31. The molecule has 0 aliphatic carbocycles. The highest BCUT2D eigenvalue weighted by Gasteiger charge is 2.19. The molecule has 0 aromatic carbocycles. The molecule has 1 aliphatic rings. The van der Waals surface area contributed by atoms with Crippen LogP contribution in [0.15, 0.2) is 6.33 Å². The smallest absolute Gasteiger partial charge is 0.168 e. The lowest BCUT2D eigenvalue weighted by atomic mass is 10.2. The van der Waals surface area contributed by atoms with Crippen molar-refractivity contribution in [2.24, 2.45) is 0 Å². The van der Waals surface area contributed by atoms with Crippen molar-refractivity contribution in [2.75, 3.05) is 33.2 Å². The third kappa shape index (κ3) is 2.95. The van der Waals surface area contributed by atoms with Crippen LogP contribution in [-0.4, -0.2) is 58.1 Å². The fourth-order valence-corrected chi connectivity index (χ4v) is 2.21. The molecule has 0 unspecified atom stereocenters. The zero-order valence-electron chi connectivity index (χ0n) is 10.4. The van der Waals surface area contributed by atoms with Gasteiger partial charge in [0, 0.05) is 45.5 Å². The van der Waals surface area contributed by atoms with E-state index in [-0.39, 0.29) is 0 Å². The molecule has 0 atom stereocenters. The van der Waals surface area contributed by atoms with Crippen molar-refractivity contribution < 1.29 is 0 Å². The van der Waals surface area contributed by atoms with E-state index in [4.69, 9.17) is 12.2 Å². The van der Waals surface area contributed by atoms with E-state index in [1.807, 2.05) is 7.05 Å². The molecule has 1 aliphatic heterocycles. The number of thiocarbonyl (C=S) groups is 1. The summed E-state index contributed by atoms with van der Waals surface area (Å²) in [6, 6.07) is 0. The Morgan fingerprint density at radius 3 is 2.71 bits per heavy atom. The third-order valence-corrected chi connectivity index (χ3v) is 3.64. The van der Waals surface area contributed by atoms with Crippen LogP contribution in [0.1, 0.15) is 11.4 Å². The molecule has 2 N–H and O–H groups in total. The molecule has 1 fully saturated rings. The van der Waals surface area contributed by atoms with Gasteiger partial charge in [-0.3, -0.25) is 4.90 Å². The van der Waals surface area contributed by atoms with Crippen molar-refractivity contribution in [1.29, 1.82) is 0 Å². The second-order valence-corrected chi connectivity index (χ2v) is 4.68. The minimum Gasteiger partial charge on any atom is -0.366 e. The first-order valence-corrected chi connectivity index (χ1v) is 6.29. The summed E-state index contributed by atoms with van der Waals surface area (Å²) in [5, 5.41) is 3.87. The SMILES string of the molecule is CNC(=S)N1CCN(Cc2nc[nH]c2C)CC1. The van der Waals surface area contributed by atoms with Crippen molar-refractivity contribution in [1.82, 2.24) is 25.1 Å². The van der Waals surface area contributed by atoms with Gasteiger partial charge in [0.2, 0.25) is 0 Å². The molecule has 0 bridgehead atoms. The number of H-pyrrole nitrogens is 1. The van der Waals surface area contributed by atoms with E-state index in [0.717, 1.165) is 49.2 Å². The normalized spacial score (nSPS) is 17.2. The average Bonchev–Trinajstić information content (AvgIpc) is 2.75. The van der Waals surface area contributed by atoms with Crippen LogP contribution in [0.2, 0.25) is 0 Å². The molecule has 0 saturated carbocycles.